The maximum atomic E-state index is 12.7. The average molecular weight is 719 g/mol. The van der Waals surface area contributed by atoms with Gasteiger partial charge in [0.25, 0.3) is 0 Å². The summed E-state index contributed by atoms with van der Waals surface area (Å²) in [5.41, 5.74) is 0. The van der Waals surface area contributed by atoms with Crippen molar-refractivity contribution >= 4 is 17.9 Å². The molecule has 0 rings (SSSR count). The Balaban J connectivity index is 4.37. The van der Waals surface area contributed by atoms with Crippen molar-refractivity contribution in [2.75, 3.05) is 13.2 Å². The van der Waals surface area contributed by atoms with Crippen LogP contribution in [-0.4, -0.2) is 37.2 Å². The molecule has 6 nitrogen and oxygen atoms in total. The van der Waals surface area contributed by atoms with Crippen molar-refractivity contribution in [2.24, 2.45) is 0 Å². The second-order valence-electron chi connectivity index (χ2n) is 14.6. The van der Waals surface area contributed by atoms with E-state index in [0.29, 0.717) is 19.3 Å². The molecule has 0 bridgehead atoms. The second kappa shape index (κ2) is 40.7. The molecule has 0 N–H and O–H groups in total. The van der Waals surface area contributed by atoms with E-state index in [4.69, 9.17) is 14.2 Å². The largest absolute Gasteiger partial charge is 0.462 e. The van der Waals surface area contributed by atoms with Crippen LogP contribution in [0.3, 0.4) is 0 Å². The van der Waals surface area contributed by atoms with Gasteiger partial charge in [-0.15, -0.1) is 0 Å². The summed E-state index contributed by atoms with van der Waals surface area (Å²) in [6.45, 7) is 6.53. The van der Waals surface area contributed by atoms with Crippen molar-refractivity contribution < 1.29 is 28.6 Å². The number of unbranched alkanes of at least 4 members (excludes halogenated alkanes) is 24. The van der Waals surface area contributed by atoms with Crippen molar-refractivity contribution in [1.82, 2.24) is 0 Å². The molecule has 6 heteroatoms. The van der Waals surface area contributed by atoms with E-state index in [9.17, 15) is 14.4 Å². The lowest BCUT2D eigenvalue weighted by Gasteiger charge is -2.18. The number of rotatable bonds is 39. The number of esters is 3. The van der Waals surface area contributed by atoms with E-state index in [1.807, 2.05) is 0 Å². The van der Waals surface area contributed by atoms with Crippen LogP contribution in [0.5, 0.6) is 0 Å². The number of carbonyl (C=O) groups excluding carboxylic acids is 3. The minimum absolute atomic E-state index is 0.0757. The van der Waals surface area contributed by atoms with Gasteiger partial charge in [-0.1, -0.05) is 173 Å². The molecule has 0 amide bonds. The van der Waals surface area contributed by atoms with Crippen LogP contribution in [0, 0.1) is 0 Å². The lowest BCUT2D eigenvalue weighted by atomic mass is 10.0. The van der Waals surface area contributed by atoms with E-state index in [0.717, 1.165) is 89.9 Å². The highest BCUT2D eigenvalue weighted by molar-refractivity contribution is 5.71. The highest BCUT2D eigenvalue weighted by Gasteiger charge is 2.19. The summed E-state index contributed by atoms with van der Waals surface area (Å²) in [4.78, 5) is 37.6. The summed E-state index contributed by atoms with van der Waals surface area (Å²) in [6, 6.07) is 0. The molecule has 51 heavy (non-hydrogen) atoms. The van der Waals surface area contributed by atoms with Gasteiger partial charge >= 0.3 is 17.9 Å². The maximum Gasteiger partial charge on any atom is 0.306 e. The van der Waals surface area contributed by atoms with Crippen LogP contribution < -0.4 is 0 Å². The standard InChI is InChI=1S/C45H82O6/c1-4-7-10-13-16-19-22-24-26-29-32-35-38-44(47)50-41-42(40-49-43(46)37-34-31-28-25-21-18-15-12-9-6-3)51-45(48)39-36-33-30-27-23-20-17-14-11-8-5-2/h14-15,17-18,42H,4-13,16,19-41H2,1-3H3/b17-14-,18-15-. The van der Waals surface area contributed by atoms with Gasteiger partial charge in [-0.05, 0) is 57.8 Å². The molecular formula is C45H82O6. The van der Waals surface area contributed by atoms with Crippen molar-refractivity contribution in [2.45, 2.75) is 232 Å². The van der Waals surface area contributed by atoms with E-state index in [1.54, 1.807) is 0 Å². The second-order valence-corrected chi connectivity index (χ2v) is 14.6. The van der Waals surface area contributed by atoms with E-state index in [-0.39, 0.29) is 31.1 Å². The molecule has 0 saturated carbocycles. The number of hydrogen-bond acceptors (Lipinski definition) is 6. The minimum atomic E-state index is -0.772. The van der Waals surface area contributed by atoms with Crippen LogP contribution in [0.4, 0.5) is 0 Å². The smallest absolute Gasteiger partial charge is 0.306 e. The summed E-state index contributed by atoms with van der Waals surface area (Å²) in [6.07, 6.45) is 43.0. The monoisotopic (exact) mass is 719 g/mol. The molecule has 0 spiro atoms. The lowest BCUT2D eigenvalue weighted by Crippen LogP contribution is -2.30. The number of carbonyl (C=O) groups is 3. The molecule has 0 heterocycles. The molecule has 1 unspecified atom stereocenters. The van der Waals surface area contributed by atoms with E-state index < -0.39 is 6.10 Å². The van der Waals surface area contributed by atoms with Gasteiger partial charge in [0, 0.05) is 19.3 Å². The first-order valence-electron chi connectivity index (χ1n) is 21.8. The van der Waals surface area contributed by atoms with E-state index in [2.05, 4.69) is 45.1 Å². The summed E-state index contributed by atoms with van der Waals surface area (Å²) >= 11 is 0. The van der Waals surface area contributed by atoms with Gasteiger partial charge in [-0.3, -0.25) is 14.4 Å². The first-order chi connectivity index (χ1) is 25.0. The van der Waals surface area contributed by atoms with Crippen molar-refractivity contribution in [3.05, 3.63) is 24.3 Å². The topological polar surface area (TPSA) is 78.9 Å². The minimum Gasteiger partial charge on any atom is -0.462 e. The molecule has 298 valence electrons. The van der Waals surface area contributed by atoms with Gasteiger partial charge in [0.15, 0.2) is 6.10 Å². The van der Waals surface area contributed by atoms with Gasteiger partial charge < -0.3 is 14.2 Å². The average Bonchev–Trinajstić information content (AvgIpc) is 3.12. The first-order valence-corrected chi connectivity index (χ1v) is 21.8. The quantitative estimate of drug-likeness (QED) is 0.0272. The summed E-state index contributed by atoms with van der Waals surface area (Å²) in [5.74, 6) is -0.899. The van der Waals surface area contributed by atoms with Crippen molar-refractivity contribution in [3.63, 3.8) is 0 Å². The molecule has 0 aromatic carbocycles. The number of hydrogen-bond donors (Lipinski definition) is 0. The van der Waals surface area contributed by atoms with Crippen molar-refractivity contribution in [1.29, 1.82) is 0 Å². The third-order valence-corrected chi connectivity index (χ3v) is 9.43. The van der Waals surface area contributed by atoms with Crippen LogP contribution in [0.1, 0.15) is 226 Å². The van der Waals surface area contributed by atoms with Gasteiger partial charge in [-0.2, -0.15) is 0 Å². The molecule has 0 radical (unpaired) electrons. The van der Waals surface area contributed by atoms with Crippen LogP contribution in [-0.2, 0) is 28.6 Å². The van der Waals surface area contributed by atoms with Gasteiger partial charge in [0.05, 0.1) is 0 Å². The maximum absolute atomic E-state index is 12.7. The SMILES string of the molecule is CCCC/C=C\CCCCCCCC(=O)OC(COC(=O)CCCCCC/C=C\CCCC)COC(=O)CCCCCCCCCCCCCC. The Labute approximate surface area is 315 Å². The Morgan fingerprint density at radius 1 is 0.373 bits per heavy atom. The van der Waals surface area contributed by atoms with Gasteiger partial charge in [0.2, 0.25) is 0 Å². The summed E-state index contributed by atoms with van der Waals surface area (Å²) in [5, 5.41) is 0. The zero-order valence-electron chi connectivity index (χ0n) is 33.9. The Morgan fingerprint density at radius 2 is 0.667 bits per heavy atom. The normalized spacial score (nSPS) is 12.1. The molecule has 0 saturated heterocycles. The zero-order valence-corrected chi connectivity index (χ0v) is 33.9. The molecule has 0 aliphatic carbocycles. The third kappa shape index (κ3) is 38.9. The molecule has 0 aliphatic rings. The number of allylic oxidation sites excluding steroid dienone is 4. The van der Waals surface area contributed by atoms with E-state index >= 15 is 0 Å². The molecule has 0 aromatic heterocycles. The van der Waals surface area contributed by atoms with Crippen LogP contribution in [0.15, 0.2) is 24.3 Å². The molecule has 0 fully saturated rings. The Bertz CT molecular complexity index is 835. The number of ether oxygens (including phenoxy) is 3. The van der Waals surface area contributed by atoms with Gasteiger partial charge in [0.1, 0.15) is 13.2 Å². The van der Waals surface area contributed by atoms with Crippen LogP contribution in [0.2, 0.25) is 0 Å². The summed E-state index contributed by atoms with van der Waals surface area (Å²) < 4.78 is 16.6. The first kappa shape index (κ1) is 48.9. The Morgan fingerprint density at radius 3 is 1.04 bits per heavy atom. The fourth-order valence-electron chi connectivity index (χ4n) is 6.05. The van der Waals surface area contributed by atoms with Crippen LogP contribution in [0.25, 0.3) is 0 Å². The molecule has 0 aliphatic heterocycles. The molecular weight excluding hydrogens is 636 g/mol. The highest BCUT2D eigenvalue weighted by atomic mass is 16.6. The van der Waals surface area contributed by atoms with Gasteiger partial charge in [-0.25, -0.2) is 0 Å². The lowest BCUT2D eigenvalue weighted by molar-refractivity contribution is -0.167. The predicted molar refractivity (Wildman–Crippen MR) is 215 cm³/mol. The molecule has 0 aromatic rings. The van der Waals surface area contributed by atoms with Crippen molar-refractivity contribution in [3.8, 4) is 0 Å². The van der Waals surface area contributed by atoms with E-state index in [1.165, 1.54) is 96.3 Å². The summed E-state index contributed by atoms with van der Waals surface area (Å²) in [7, 11) is 0. The zero-order chi connectivity index (χ0) is 37.3. The third-order valence-electron chi connectivity index (χ3n) is 9.43. The Kier molecular flexibility index (Phi) is 39.0. The highest BCUT2D eigenvalue weighted by Crippen LogP contribution is 2.14. The Hall–Kier alpha value is -2.11. The predicted octanol–water partition coefficient (Wildman–Crippen LogP) is 13.6. The fraction of sp³-hybridized carbons (Fsp3) is 0.844. The fourth-order valence-corrected chi connectivity index (χ4v) is 6.05. The molecule has 1 atom stereocenters. The van der Waals surface area contributed by atoms with Crippen LogP contribution >= 0.6 is 0 Å².